The molecule has 0 aliphatic carbocycles. The second kappa shape index (κ2) is 8.98. The van der Waals surface area contributed by atoms with E-state index >= 15 is 0 Å². The molecule has 0 unspecified atom stereocenters. The Morgan fingerprint density at radius 3 is 1.00 bits per heavy atom. The summed E-state index contributed by atoms with van der Waals surface area (Å²) in [5, 5.41) is 21.4. The first-order valence-electron chi connectivity index (χ1n) is 12.0. The van der Waals surface area contributed by atoms with Gasteiger partial charge in [-0.1, -0.05) is 83.1 Å². The highest BCUT2D eigenvalue weighted by Crippen LogP contribution is 2.39. The minimum absolute atomic E-state index is 0.110. The van der Waals surface area contributed by atoms with Gasteiger partial charge < -0.3 is 14.9 Å². The van der Waals surface area contributed by atoms with Gasteiger partial charge in [-0.25, -0.2) is 0 Å². The third-order valence-corrected chi connectivity index (χ3v) is 6.19. The number of hydrogen-bond donors (Lipinski definition) is 2. The molecular formula is C30H46O3. The van der Waals surface area contributed by atoms with Crippen LogP contribution in [0.25, 0.3) is 0 Å². The summed E-state index contributed by atoms with van der Waals surface area (Å²) in [7, 11) is 0. The summed E-state index contributed by atoms with van der Waals surface area (Å²) < 4.78 is 6.33. The minimum atomic E-state index is -0.160. The molecule has 0 aromatic heterocycles. The highest BCUT2D eigenvalue weighted by atomic mass is 16.5. The van der Waals surface area contributed by atoms with E-state index in [0.29, 0.717) is 24.7 Å². The van der Waals surface area contributed by atoms with Gasteiger partial charge in [0, 0.05) is 0 Å². The monoisotopic (exact) mass is 454 g/mol. The fraction of sp³-hybridized carbons (Fsp3) is 0.600. The van der Waals surface area contributed by atoms with Crippen LogP contribution >= 0.6 is 0 Å². The molecule has 184 valence electrons. The number of hydrogen-bond acceptors (Lipinski definition) is 3. The van der Waals surface area contributed by atoms with Gasteiger partial charge in [0.05, 0.1) is 13.2 Å². The first-order chi connectivity index (χ1) is 14.7. The van der Waals surface area contributed by atoms with Crippen molar-refractivity contribution in [2.75, 3.05) is 0 Å². The zero-order valence-corrected chi connectivity index (χ0v) is 23.0. The molecule has 0 saturated carbocycles. The van der Waals surface area contributed by atoms with Crippen LogP contribution in [0.5, 0.6) is 11.5 Å². The van der Waals surface area contributed by atoms with Crippen molar-refractivity contribution >= 4 is 0 Å². The van der Waals surface area contributed by atoms with Crippen LogP contribution in [0, 0.1) is 0 Å². The van der Waals surface area contributed by atoms with Crippen molar-refractivity contribution in [3.8, 4) is 11.5 Å². The average Bonchev–Trinajstić information content (AvgIpc) is 2.59. The number of aromatic hydroxyl groups is 2. The SMILES string of the molecule is CC(C)(C)c1cc(COCc2cc(C(C)(C)C)c(O)cc2C(C)(C)C)c(C(C)(C)C)cc1O. The number of ether oxygens (including phenoxy) is 1. The summed E-state index contributed by atoms with van der Waals surface area (Å²) in [5.74, 6) is 0.694. The van der Waals surface area contributed by atoms with Crippen molar-refractivity contribution < 1.29 is 14.9 Å². The van der Waals surface area contributed by atoms with Crippen molar-refractivity contribution in [1.29, 1.82) is 0 Å². The molecule has 0 fully saturated rings. The quantitative estimate of drug-likeness (QED) is 0.492. The highest BCUT2D eigenvalue weighted by molar-refractivity contribution is 5.48. The van der Waals surface area contributed by atoms with Gasteiger partial charge in [0.15, 0.2) is 0 Å². The van der Waals surface area contributed by atoms with E-state index in [4.69, 9.17) is 4.74 Å². The number of benzene rings is 2. The first-order valence-corrected chi connectivity index (χ1v) is 12.0. The Morgan fingerprint density at radius 1 is 0.485 bits per heavy atom. The van der Waals surface area contributed by atoms with Gasteiger partial charge in [-0.2, -0.15) is 0 Å². The number of phenols is 2. The lowest BCUT2D eigenvalue weighted by Gasteiger charge is -2.29. The largest absolute Gasteiger partial charge is 0.508 e. The summed E-state index contributed by atoms with van der Waals surface area (Å²) in [6.45, 7) is 26.6. The Labute approximate surface area is 202 Å². The van der Waals surface area contributed by atoms with Crippen LogP contribution in [0.3, 0.4) is 0 Å². The van der Waals surface area contributed by atoms with E-state index < -0.39 is 0 Å². The minimum Gasteiger partial charge on any atom is -0.508 e. The summed E-state index contributed by atoms with van der Waals surface area (Å²) in [4.78, 5) is 0. The smallest absolute Gasteiger partial charge is 0.119 e. The molecule has 0 spiro atoms. The Hall–Kier alpha value is -2.00. The Morgan fingerprint density at radius 2 is 0.758 bits per heavy atom. The summed E-state index contributed by atoms with van der Waals surface area (Å²) in [6, 6.07) is 8.05. The van der Waals surface area contributed by atoms with E-state index in [1.165, 1.54) is 0 Å². The molecule has 2 rings (SSSR count). The van der Waals surface area contributed by atoms with E-state index in [-0.39, 0.29) is 21.7 Å². The standard InChI is InChI=1S/C30H46O3/c1-27(2,3)21-15-25(31)23(29(7,8)9)13-19(21)17-33-18-20-14-24(30(10,11)12)26(32)16-22(20)28(4,5)6/h13-16,31-32H,17-18H2,1-12H3. The summed E-state index contributed by atoms with van der Waals surface area (Å²) >= 11 is 0. The van der Waals surface area contributed by atoms with Crippen molar-refractivity contribution in [3.05, 3.63) is 57.6 Å². The normalized spacial score (nSPS) is 13.5. The van der Waals surface area contributed by atoms with Crippen LogP contribution in [-0.4, -0.2) is 10.2 Å². The molecule has 0 heterocycles. The molecule has 2 N–H and O–H groups in total. The van der Waals surface area contributed by atoms with Crippen molar-refractivity contribution in [1.82, 2.24) is 0 Å². The molecule has 3 heteroatoms. The van der Waals surface area contributed by atoms with Crippen LogP contribution in [0.4, 0.5) is 0 Å². The lowest BCUT2D eigenvalue weighted by molar-refractivity contribution is 0.104. The third kappa shape index (κ3) is 6.53. The molecule has 0 atom stereocenters. The molecule has 0 aliphatic rings. The van der Waals surface area contributed by atoms with E-state index in [1.807, 2.05) is 12.1 Å². The number of phenolic OH excluding ortho intramolecular Hbond substituents is 2. The summed E-state index contributed by atoms with van der Waals surface area (Å²) in [6.07, 6.45) is 0. The topological polar surface area (TPSA) is 49.7 Å². The number of rotatable bonds is 4. The van der Waals surface area contributed by atoms with Gasteiger partial charge >= 0.3 is 0 Å². The van der Waals surface area contributed by atoms with E-state index in [0.717, 1.165) is 33.4 Å². The highest BCUT2D eigenvalue weighted by Gasteiger charge is 2.27. The maximum absolute atomic E-state index is 10.7. The first kappa shape index (κ1) is 27.2. The maximum Gasteiger partial charge on any atom is 0.119 e. The van der Waals surface area contributed by atoms with Gasteiger partial charge in [0.25, 0.3) is 0 Å². The van der Waals surface area contributed by atoms with Gasteiger partial charge in [-0.05, 0) is 79.3 Å². The van der Waals surface area contributed by atoms with Gasteiger partial charge in [-0.15, -0.1) is 0 Å². The molecule has 0 aliphatic heterocycles. The summed E-state index contributed by atoms with van der Waals surface area (Å²) in [5.41, 5.74) is 5.75. The Balaban J connectivity index is 2.46. The molecule has 3 nitrogen and oxygen atoms in total. The van der Waals surface area contributed by atoms with Crippen LogP contribution in [0.1, 0.15) is 116 Å². The fourth-order valence-corrected chi connectivity index (χ4v) is 4.37. The predicted octanol–water partition coefficient (Wildman–Crippen LogP) is 8.00. The average molecular weight is 455 g/mol. The van der Waals surface area contributed by atoms with Crippen molar-refractivity contribution in [2.24, 2.45) is 0 Å². The second-order valence-electron chi connectivity index (χ2n) is 13.5. The van der Waals surface area contributed by atoms with Crippen LogP contribution in [0.15, 0.2) is 24.3 Å². The van der Waals surface area contributed by atoms with E-state index in [9.17, 15) is 10.2 Å². The lowest BCUT2D eigenvalue weighted by atomic mass is 9.78. The van der Waals surface area contributed by atoms with Crippen molar-refractivity contribution in [3.63, 3.8) is 0 Å². The second-order valence-corrected chi connectivity index (χ2v) is 13.5. The van der Waals surface area contributed by atoms with E-state index in [2.05, 4.69) is 95.2 Å². The third-order valence-electron chi connectivity index (χ3n) is 6.19. The van der Waals surface area contributed by atoms with Crippen LogP contribution < -0.4 is 0 Å². The molecule has 0 saturated heterocycles. The van der Waals surface area contributed by atoms with Crippen molar-refractivity contribution in [2.45, 2.75) is 118 Å². The lowest BCUT2D eigenvalue weighted by Crippen LogP contribution is -2.19. The maximum atomic E-state index is 10.7. The Bertz CT molecular complexity index is 906. The molecule has 33 heavy (non-hydrogen) atoms. The van der Waals surface area contributed by atoms with Crippen LogP contribution in [0.2, 0.25) is 0 Å². The van der Waals surface area contributed by atoms with Gasteiger partial charge in [0.1, 0.15) is 11.5 Å². The molecule has 0 amide bonds. The van der Waals surface area contributed by atoms with Gasteiger partial charge in [-0.3, -0.25) is 0 Å². The predicted molar refractivity (Wildman–Crippen MR) is 140 cm³/mol. The zero-order valence-electron chi connectivity index (χ0n) is 23.0. The Kier molecular flexibility index (Phi) is 7.42. The van der Waals surface area contributed by atoms with Gasteiger partial charge in [0.2, 0.25) is 0 Å². The molecule has 2 aromatic rings. The van der Waals surface area contributed by atoms with Crippen LogP contribution in [-0.2, 0) is 39.6 Å². The molecule has 0 bridgehead atoms. The molecule has 0 radical (unpaired) electrons. The van der Waals surface area contributed by atoms with E-state index in [1.54, 1.807) is 0 Å². The zero-order chi connectivity index (χ0) is 25.6. The fourth-order valence-electron chi connectivity index (χ4n) is 4.37. The molecular weight excluding hydrogens is 408 g/mol. The molecule has 2 aromatic carbocycles.